The van der Waals surface area contributed by atoms with Crippen LogP contribution in [0, 0.1) is 5.82 Å². The number of halogens is 1. The zero-order valence-electron chi connectivity index (χ0n) is 10.4. The first-order chi connectivity index (χ1) is 8.60. The molecule has 0 unspecified atom stereocenters. The third-order valence-corrected chi connectivity index (χ3v) is 2.73. The Morgan fingerprint density at radius 1 is 1.11 bits per heavy atom. The lowest BCUT2D eigenvalue weighted by Gasteiger charge is -2.20. The average molecular weight is 246 g/mol. The van der Waals surface area contributed by atoms with Gasteiger partial charge in [0.25, 0.3) is 0 Å². The molecule has 0 aromatic heterocycles. The second-order valence-corrected chi connectivity index (χ2v) is 4.00. The van der Waals surface area contributed by atoms with Crippen molar-refractivity contribution in [3.05, 3.63) is 48.3 Å². The van der Waals surface area contributed by atoms with Crippen LogP contribution >= 0.6 is 0 Å². The van der Waals surface area contributed by atoms with E-state index in [0.29, 0.717) is 11.4 Å². The summed E-state index contributed by atoms with van der Waals surface area (Å²) < 4.78 is 18.4. The summed E-state index contributed by atoms with van der Waals surface area (Å²) in [6.07, 6.45) is 0. The van der Waals surface area contributed by atoms with Gasteiger partial charge in [-0.2, -0.15) is 0 Å². The molecule has 0 aliphatic carbocycles. The van der Waals surface area contributed by atoms with Gasteiger partial charge in [-0.1, -0.05) is 6.07 Å². The fourth-order valence-electron chi connectivity index (χ4n) is 1.75. The summed E-state index contributed by atoms with van der Waals surface area (Å²) >= 11 is 0. The Bertz CT molecular complexity index is 557. The van der Waals surface area contributed by atoms with E-state index in [4.69, 9.17) is 10.5 Å². The van der Waals surface area contributed by atoms with Gasteiger partial charge in [-0.15, -0.1) is 0 Å². The minimum absolute atomic E-state index is 0.268. The van der Waals surface area contributed by atoms with Gasteiger partial charge < -0.3 is 15.4 Å². The van der Waals surface area contributed by atoms with Gasteiger partial charge in [0.1, 0.15) is 11.6 Å². The Labute approximate surface area is 106 Å². The fraction of sp³-hybridized carbons (Fsp3) is 0.143. The van der Waals surface area contributed by atoms with Crippen molar-refractivity contribution in [3.8, 4) is 5.75 Å². The Kier molecular flexibility index (Phi) is 3.37. The number of anilines is 3. The predicted molar refractivity (Wildman–Crippen MR) is 71.9 cm³/mol. The Morgan fingerprint density at radius 2 is 1.89 bits per heavy atom. The first kappa shape index (κ1) is 12.2. The van der Waals surface area contributed by atoms with Crippen molar-refractivity contribution in [2.45, 2.75) is 0 Å². The summed E-state index contributed by atoms with van der Waals surface area (Å²) in [5.74, 6) is 0.406. The number of rotatable bonds is 3. The van der Waals surface area contributed by atoms with Gasteiger partial charge in [0, 0.05) is 36.2 Å². The molecule has 0 saturated heterocycles. The molecule has 0 fully saturated rings. The molecule has 0 saturated carbocycles. The number of methoxy groups -OCH3 is 1. The lowest BCUT2D eigenvalue weighted by atomic mass is 10.2. The summed E-state index contributed by atoms with van der Waals surface area (Å²) in [7, 11) is 3.43. The third kappa shape index (κ3) is 2.53. The number of ether oxygens (including phenoxy) is 1. The third-order valence-electron chi connectivity index (χ3n) is 2.73. The molecule has 0 atom stereocenters. The zero-order chi connectivity index (χ0) is 13.1. The van der Waals surface area contributed by atoms with Crippen LogP contribution in [-0.2, 0) is 0 Å². The molecule has 0 aliphatic rings. The monoisotopic (exact) mass is 246 g/mol. The minimum atomic E-state index is -0.268. The van der Waals surface area contributed by atoms with Crippen LogP contribution in [0.3, 0.4) is 0 Å². The average Bonchev–Trinajstić information content (AvgIpc) is 2.37. The largest absolute Gasteiger partial charge is 0.497 e. The number of benzene rings is 2. The lowest BCUT2D eigenvalue weighted by Crippen LogP contribution is -2.10. The van der Waals surface area contributed by atoms with Crippen molar-refractivity contribution in [1.82, 2.24) is 0 Å². The van der Waals surface area contributed by atoms with Gasteiger partial charge in [-0.25, -0.2) is 4.39 Å². The van der Waals surface area contributed by atoms with Crippen LogP contribution in [0.2, 0.25) is 0 Å². The molecular weight excluding hydrogens is 231 g/mol. The molecule has 0 heterocycles. The fourth-order valence-corrected chi connectivity index (χ4v) is 1.75. The summed E-state index contributed by atoms with van der Waals surface area (Å²) in [5.41, 5.74) is 8.00. The zero-order valence-corrected chi connectivity index (χ0v) is 10.4. The van der Waals surface area contributed by atoms with Crippen LogP contribution in [-0.4, -0.2) is 14.2 Å². The molecule has 0 radical (unpaired) electrons. The molecular formula is C14H15FN2O. The second-order valence-electron chi connectivity index (χ2n) is 4.00. The summed E-state index contributed by atoms with van der Waals surface area (Å²) in [4.78, 5) is 1.85. The van der Waals surface area contributed by atoms with Crippen LogP contribution in [0.5, 0.6) is 5.75 Å². The minimum Gasteiger partial charge on any atom is -0.497 e. The van der Waals surface area contributed by atoms with Crippen molar-refractivity contribution >= 4 is 17.1 Å². The summed E-state index contributed by atoms with van der Waals surface area (Å²) in [6, 6.07) is 11.8. The van der Waals surface area contributed by atoms with Gasteiger partial charge in [0.15, 0.2) is 0 Å². The molecule has 94 valence electrons. The molecule has 2 aromatic rings. The van der Waals surface area contributed by atoms with Gasteiger partial charge in [-0.05, 0) is 24.3 Å². The molecule has 3 nitrogen and oxygen atoms in total. The molecule has 2 rings (SSSR count). The van der Waals surface area contributed by atoms with E-state index >= 15 is 0 Å². The van der Waals surface area contributed by atoms with Gasteiger partial charge in [0.2, 0.25) is 0 Å². The molecule has 0 spiro atoms. The van der Waals surface area contributed by atoms with E-state index in [-0.39, 0.29) is 5.82 Å². The predicted octanol–water partition coefficient (Wildman–Crippen LogP) is 3.18. The molecule has 0 bridgehead atoms. The van der Waals surface area contributed by atoms with E-state index in [1.807, 2.05) is 30.1 Å². The quantitative estimate of drug-likeness (QED) is 0.845. The van der Waals surface area contributed by atoms with Crippen LogP contribution in [0.4, 0.5) is 21.5 Å². The van der Waals surface area contributed by atoms with E-state index < -0.39 is 0 Å². The van der Waals surface area contributed by atoms with E-state index in [1.54, 1.807) is 19.2 Å². The first-order valence-corrected chi connectivity index (χ1v) is 5.54. The maximum Gasteiger partial charge on any atom is 0.125 e. The molecule has 4 heteroatoms. The Morgan fingerprint density at radius 3 is 2.56 bits per heavy atom. The number of nitrogen functional groups attached to an aromatic ring is 1. The summed E-state index contributed by atoms with van der Waals surface area (Å²) in [5, 5.41) is 0. The highest BCUT2D eigenvalue weighted by atomic mass is 19.1. The SMILES string of the molecule is COc1cc(N)cc(N(C)c2cccc(F)c2)c1. The molecule has 0 aliphatic heterocycles. The Balaban J connectivity index is 2.39. The highest BCUT2D eigenvalue weighted by Crippen LogP contribution is 2.29. The van der Waals surface area contributed by atoms with Crippen LogP contribution in [0.15, 0.2) is 42.5 Å². The molecule has 18 heavy (non-hydrogen) atoms. The van der Waals surface area contributed by atoms with Gasteiger partial charge in [0.05, 0.1) is 7.11 Å². The molecule has 2 N–H and O–H groups in total. The van der Waals surface area contributed by atoms with Crippen LogP contribution in [0.1, 0.15) is 0 Å². The first-order valence-electron chi connectivity index (χ1n) is 5.54. The topological polar surface area (TPSA) is 38.5 Å². The number of hydrogen-bond acceptors (Lipinski definition) is 3. The van der Waals surface area contributed by atoms with E-state index in [2.05, 4.69) is 0 Å². The molecule has 2 aromatic carbocycles. The van der Waals surface area contributed by atoms with Crippen molar-refractivity contribution in [2.24, 2.45) is 0 Å². The lowest BCUT2D eigenvalue weighted by molar-refractivity contribution is 0.415. The van der Waals surface area contributed by atoms with Crippen molar-refractivity contribution in [1.29, 1.82) is 0 Å². The van der Waals surface area contributed by atoms with Crippen molar-refractivity contribution in [3.63, 3.8) is 0 Å². The second kappa shape index (κ2) is 4.96. The maximum absolute atomic E-state index is 13.2. The maximum atomic E-state index is 13.2. The number of nitrogens with zero attached hydrogens (tertiary/aromatic N) is 1. The molecule has 0 amide bonds. The van der Waals surface area contributed by atoms with E-state index in [1.165, 1.54) is 12.1 Å². The van der Waals surface area contributed by atoms with E-state index in [0.717, 1.165) is 11.4 Å². The van der Waals surface area contributed by atoms with E-state index in [9.17, 15) is 4.39 Å². The smallest absolute Gasteiger partial charge is 0.125 e. The summed E-state index contributed by atoms with van der Waals surface area (Å²) in [6.45, 7) is 0. The highest BCUT2D eigenvalue weighted by molar-refractivity contribution is 5.68. The highest BCUT2D eigenvalue weighted by Gasteiger charge is 2.07. The van der Waals surface area contributed by atoms with Crippen molar-refractivity contribution in [2.75, 3.05) is 24.8 Å². The van der Waals surface area contributed by atoms with Crippen LogP contribution in [0.25, 0.3) is 0 Å². The van der Waals surface area contributed by atoms with Crippen LogP contribution < -0.4 is 15.4 Å². The Hall–Kier alpha value is -2.23. The normalized spacial score (nSPS) is 10.2. The number of nitrogens with two attached hydrogens (primary N) is 1. The standard InChI is InChI=1S/C14H15FN2O/c1-17(12-5-3-4-10(15)6-12)13-7-11(16)8-14(9-13)18-2/h3-9H,16H2,1-2H3. The number of hydrogen-bond donors (Lipinski definition) is 1. The van der Waals surface area contributed by atoms with Gasteiger partial charge in [-0.3, -0.25) is 0 Å². The van der Waals surface area contributed by atoms with Gasteiger partial charge >= 0.3 is 0 Å². The van der Waals surface area contributed by atoms with Crippen molar-refractivity contribution < 1.29 is 9.13 Å².